The molecule has 0 saturated carbocycles. The van der Waals surface area contributed by atoms with Gasteiger partial charge in [0.1, 0.15) is 17.7 Å². The van der Waals surface area contributed by atoms with Gasteiger partial charge in [-0.1, -0.05) is 26.3 Å². The molecule has 1 heterocycles. The smallest absolute Gasteiger partial charge is 0.330 e. The van der Waals surface area contributed by atoms with Gasteiger partial charge in [0, 0.05) is 35.9 Å². The van der Waals surface area contributed by atoms with Gasteiger partial charge in [-0.15, -0.1) is 0 Å². The van der Waals surface area contributed by atoms with Gasteiger partial charge < -0.3 is 20.9 Å². The van der Waals surface area contributed by atoms with Crippen LogP contribution in [0.5, 0.6) is 5.75 Å². The molecule has 2 aromatic rings. The molecule has 5 N–H and O–H groups in total. The van der Waals surface area contributed by atoms with Crippen molar-refractivity contribution < 1.29 is 14.6 Å². The number of nitrogen functional groups attached to an aromatic ring is 1. The number of nitrogens with one attached hydrogen (secondary N) is 2. The van der Waals surface area contributed by atoms with Crippen LogP contribution in [0, 0.1) is 5.41 Å². The van der Waals surface area contributed by atoms with Crippen LogP contribution in [0.3, 0.4) is 0 Å². The zero-order chi connectivity index (χ0) is 24.8. The molecule has 1 aliphatic heterocycles. The summed E-state index contributed by atoms with van der Waals surface area (Å²) in [4.78, 5) is 14.9. The quantitative estimate of drug-likeness (QED) is 0.285. The number of aryl methyl sites for hydroxylation is 2. The van der Waals surface area contributed by atoms with E-state index in [1.807, 2.05) is 6.07 Å². The second kappa shape index (κ2) is 11.4. The third-order valence-electron chi connectivity index (χ3n) is 6.44. The molecule has 0 amide bonds. The number of nitrogens with two attached hydrogens (primary N) is 1. The van der Waals surface area contributed by atoms with Crippen molar-refractivity contribution in [1.29, 1.82) is 5.41 Å². The molecule has 0 aromatic heterocycles. The van der Waals surface area contributed by atoms with Crippen LogP contribution in [0.1, 0.15) is 68.8 Å². The minimum atomic E-state index is -0.970. The van der Waals surface area contributed by atoms with E-state index in [0.717, 1.165) is 49.9 Å². The molecule has 2 aromatic carbocycles. The Hall–Kier alpha value is -3.06. The van der Waals surface area contributed by atoms with Crippen LogP contribution >= 0.6 is 0 Å². The molecule has 7 heteroatoms. The van der Waals surface area contributed by atoms with Crippen LogP contribution < -0.4 is 15.8 Å². The highest BCUT2D eigenvalue weighted by atomic mass is 16.5. The van der Waals surface area contributed by atoms with Crippen molar-refractivity contribution in [3.8, 4) is 5.75 Å². The molecule has 0 bridgehead atoms. The molecule has 0 aliphatic carbocycles. The van der Waals surface area contributed by atoms with E-state index in [9.17, 15) is 9.90 Å². The molecular weight excluding hydrogens is 428 g/mol. The highest BCUT2D eigenvalue weighted by molar-refractivity contribution is 5.95. The number of carboxylic acid groups (broad SMARTS) is 1. The summed E-state index contributed by atoms with van der Waals surface area (Å²) in [5.41, 5.74) is 9.63. The number of ether oxygens (including phenoxy) is 1. The molecular formula is C27H38N4O3. The fourth-order valence-electron chi connectivity index (χ4n) is 4.47. The molecule has 7 nitrogen and oxygen atoms in total. The fourth-order valence-corrected chi connectivity index (χ4v) is 4.47. The molecule has 184 valence electrons. The summed E-state index contributed by atoms with van der Waals surface area (Å²) in [6.07, 6.45) is 3.55. The maximum Gasteiger partial charge on any atom is 0.330 e. The van der Waals surface area contributed by atoms with Gasteiger partial charge >= 0.3 is 5.97 Å². The first-order chi connectivity index (χ1) is 16.2. The lowest BCUT2D eigenvalue weighted by Crippen LogP contribution is -2.31. The largest absolute Gasteiger partial charge is 0.488 e. The molecule has 1 aliphatic rings. The lowest BCUT2D eigenvalue weighted by molar-refractivity contribution is -0.138. The number of carboxylic acids is 1. The molecule has 1 saturated heterocycles. The Morgan fingerprint density at radius 3 is 2.50 bits per heavy atom. The van der Waals surface area contributed by atoms with E-state index in [-0.39, 0.29) is 11.9 Å². The van der Waals surface area contributed by atoms with Crippen LogP contribution in [-0.4, -0.2) is 47.0 Å². The maximum absolute atomic E-state index is 12.5. The van der Waals surface area contributed by atoms with Gasteiger partial charge in [-0.05, 0) is 74.6 Å². The number of likely N-dealkylation sites (tertiary alicyclic amines) is 1. The van der Waals surface area contributed by atoms with Crippen molar-refractivity contribution in [2.45, 2.75) is 71.6 Å². The van der Waals surface area contributed by atoms with E-state index in [1.54, 1.807) is 24.3 Å². The average molecular weight is 467 g/mol. The summed E-state index contributed by atoms with van der Waals surface area (Å²) >= 11 is 0. The molecule has 2 atom stereocenters. The van der Waals surface area contributed by atoms with Gasteiger partial charge in [0.05, 0.1) is 0 Å². The summed E-state index contributed by atoms with van der Waals surface area (Å²) in [7, 11) is 0. The first kappa shape index (κ1) is 25.6. The van der Waals surface area contributed by atoms with Crippen LogP contribution in [-0.2, 0) is 17.6 Å². The summed E-state index contributed by atoms with van der Waals surface area (Å²) < 4.78 is 6.60. The summed E-state index contributed by atoms with van der Waals surface area (Å²) in [5, 5.41) is 21.0. The monoisotopic (exact) mass is 466 g/mol. The summed E-state index contributed by atoms with van der Waals surface area (Å²) in [5.74, 6) is -0.287. The van der Waals surface area contributed by atoms with Crippen molar-refractivity contribution in [2.75, 3.05) is 18.4 Å². The Morgan fingerprint density at radius 2 is 1.97 bits per heavy atom. The minimum Gasteiger partial charge on any atom is -0.488 e. The van der Waals surface area contributed by atoms with E-state index < -0.39 is 12.0 Å². The average Bonchev–Trinajstić information content (AvgIpc) is 3.28. The van der Waals surface area contributed by atoms with E-state index in [0.29, 0.717) is 28.6 Å². The van der Waals surface area contributed by atoms with E-state index in [1.165, 1.54) is 0 Å². The van der Waals surface area contributed by atoms with E-state index in [4.69, 9.17) is 15.9 Å². The van der Waals surface area contributed by atoms with Crippen LogP contribution in [0.15, 0.2) is 36.4 Å². The Balaban J connectivity index is 2.00. The number of nitrogens with zero attached hydrogens (tertiary/aromatic N) is 1. The van der Waals surface area contributed by atoms with Crippen molar-refractivity contribution in [2.24, 2.45) is 5.73 Å². The van der Waals surface area contributed by atoms with Gasteiger partial charge in [-0.3, -0.25) is 10.3 Å². The first-order valence-electron chi connectivity index (χ1n) is 12.2. The van der Waals surface area contributed by atoms with Gasteiger partial charge in [-0.25, -0.2) is 4.79 Å². The summed E-state index contributed by atoms with van der Waals surface area (Å²) in [6, 6.07) is 10.6. The van der Waals surface area contributed by atoms with Gasteiger partial charge in [0.2, 0.25) is 0 Å². The molecule has 1 fully saturated rings. The third kappa shape index (κ3) is 6.08. The minimum absolute atomic E-state index is 0.0242. The van der Waals surface area contributed by atoms with Gasteiger partial charge in [0.25, 0.3) is 0 Å². The number of rotatable bonds is 11. The normalized spacial score (nSPS) is 17.0. The number of carbonyl (C=O) groups is 1. The van der Waals surface area contributed by atoms with E-state index in [2.05, 4.69) is 44.0 Å². The standard InChI is InChI=1S/C27H38N4O3/c1-5-7-20-14-18(6-2)15-23(25(20)34-22-12-13-31(16-22)17(3)4)24(27(32)33)30-21-10-8-19(9-11-21)26(28)29/h8-11,14-15,17,22,24,30H,5-7,12-13,16H2,1-4H3,(H3,28,29)(H,32,33). The number of anilines is 1. The number of amidine groups is 1. The topological polar surface area (TPSA) is 112 Å². The zero-order valence-corrected chi connectivity index (χ0v) is 20.7. The number of hydrogen-bond acceptors (Lipinski definition) is 5. The van der Waals surface area contributed by atoms with Crippen molar-refractivity contribution >= 4 is 17.5 Å². The fraction of sp³-hybridized carbons (Fsp3) is 0.481. The Kier molecular flexibility index (Phi) is 8.56. The SMILES string of the molecule is CCCc1cc(CC)cc(C(Nc2ccc(C(=N)N)cc2)C(=O)O)c1OC1CCN(C(C)C)C1. The Bertz CT molecular complexity index is 1000. The second-order valence-electron chi connectivity index (χ2n) is 9.30. The highest BCUT2D eigenvalue weighted by Crippen LogP contribution is 2.36. The number of benzene rings is 2. The Morgan fingerprint density at radius 1 is 1.26 bits per heavy atom. The molecule has 0 radical (unpaired) electrons. The van der Waals surface area contributed by atoms with Gasteiger partial charge in [0.15, 0.2) is 6.04 Å². The highest BCUT2D eigenvalue weighted by Gasteiger charge is 2.30. The lowest BCUT2D eigenvalue weighted by atomic mass is 9.95. The molecule has 0 spiro atoms. The number of hydrogen-bond donors (Lipinski definition) is 4. The van der Waals surface area contributed by atoms with Crippen LogP contribution in [0.25, 0.3) is 0 Å². The molecule has 2 unspecified atom stereocenters. The third-order valence-corrected chi connectivity index (χ3v) is 6.44. The maximum atomic E-state index is 12.5. The van der Waals surface area contributed by atoms with Crippen molar-refractivity contribution in [3.63, 3.8) is 0 Å². The Labute approximate surface area is 202 Å². The second-order valence-corrected chi connectivity index (χ2v) is 9.30. The summed E-state index contributed by atoms with van der Waals surface area (Å²) in [6.45, 7) is 10.4. The number of aliphatic carboxylic acids is 1. The van der Waals surface area contributed by atoms with E-state index >= 15 is 0 Å². The van der Waals surface area contributed by atoms with Crippen LogP contribution in [0.4, 0.5) is 5.69 Å². The molecule has 3 rings (SSSR count). The lowest BCUT2D eigenvalue weighted by Gasteiger charge is -2.26. The predicted octanol–water partition coefficient (Wildman–Crippen LogP) is 4.58. The van der Waals surface area contributed by atoms with Crippen LogP contribution in [0.2, 0.25) is 0 Å². The van der Waals surface area contributed by atoms with Crippen molar-refractivity contribution in [3.05, 3.63) is 58.7 Å². The zero-order valence-electron chi connectivity index (χ0n) is 20.7. The van der Waals surface area contributed by atoms with Crippen molar-refractivity contribution in [1.82, 2.24) is 4.90 Å². The molecule has 34 heavy (non-hydrogen) atoms. The predicted molar refractivity (Wildman–Crippen MR) is 137 cm³/mol. The van der Waals surface area contributed by atoms with Gasteiger partial charge in [-0.2, -0.15) is 0 Å². The first-order valence-corrected chi connectivity index (χ1v) is 12.2.